The minimum Gasteiger partial charge on any atom is -0.355 e. The van der Waals surface area contributed by atoms with Crippen LogP contribution in [-0.4, -0.2) is 28.8 Å². The highest BCUT2D eigenvalue weighted by Gasteiger charge is 2.20. The first-order valence-corrected chi connectivity index (χ1v) is 7.90. The third kappa shape index (κ3) is 2.68. The molecule has 1 aromatic heterocycles. The second-order valence-corrected chi connectivity index (χ2v) is 5.78. The second kappa shape index (κ2) is 5.80. The van der Waals surface area contributed by atoms with Crippen LogP contribution in [0.15, 0.2) is 54.6 Å². The third-order valence-electron chi connectivity index (χ3n) is 4.24. The number of aromatic nitrogens is 2. The maximum Gasteiger partial charge on any atom is 0.162 e. The number of carbonyl (C=O) groups excluding carboxylic acids is 1. The summed E-state index contributed by atoms with van der Waals surface area (Å²) in [5.41, 5.74) is 1.95. The van der Waals surface area contributed by atoms with Gasteiger partial charge in [-0.3, -0.25) is 4.79 Å². The van der Waals surface area contributed by atoms with Crippen molar-refractivity contribution in [3.63, 3.8) is 0 Å². The Hall–Kier alpha value is -2.75. The number of hydrogen-bond acceptors (Lipinski definition) is 4. The predicted octanol–water partition coefficient (Wildman–Crippen LogP) is 3.47. The van der Waals surface area contributed by atoms with Crippen LogP contribution >= 0.6 is 0 Å². The summed E-state index contributed by atoms with van der Waals surface area (Å²) in [6.07, 6.45) is 1.19. The van der Waals surface area contributed by atoms with E-state index in [4.69, 9.17) is 9.97 Å². The summed E-state index contributed by atoms with van der Waals surface area (Å²) in [4.78, 5) is 23.3. The van der Waals surface area contributed by atoms with Crippen molar-refractivity contribution in [2.75, 3.05) is 18.0 Å². The number of para-hydroxylation sites is 1. The molecule has 1 saturated heterocycles. The molecule has 0 amide bonds. The van der Waals surface area contributed by atoms with E-state index < -0.39 is 0 Å². The van der Waals surface area contributed by atoms with Crippen molar-refractivity contribution in [1.82, 2.24) is 9.97 Å². The number of piperidine rings is 1. The van der Waals surface area contributed by atoms with E-state index in [-0.39, 0.29) is 0 Å². The fourth-order valence-electron chi connectivity index (χ4n) is 2.99. The van der Waals surface area contributed by atoms with E-state index in [0.29, 0.717) is 18.6 Å². The van der Waals surface area contributed by atoms with E-state index >= 15 is 0 Å². The maximum absolute atomic E-state index is 11.5. The van der Waals surface area contributed by atoms with Crippen molar-refractivity contribution in [2.24, 2.45) is 0 Å². The van der Waals surface area contributed by atoms with Gasteiger partial charge in [0.15, 0.2) is 5.82 Å². The van der Waals surface area contributed by atoms with Crippen molar-refractivity contribution in [3.8, 4) is 11.4 Å². The number of ketones is 1. The fraction of sp³-hybridized carbons (Fsp3) is 0.211. The van der Waals surface area contributed by atoms with E-state index in [1.165, 1.54) is 0 Å². The van der Waals surface area contributed by atoms with Gasteiger partial charge in [-0.2, -0.15) is 0 Å². The molecule has 114 valence electrons. The number of hydrogen-bond donors (Lipinski definition) is 0. The van der Waals surface area contributed by atoms with Gasteiger partial charge in [0, 0.05) is 36.9 Å². The molecule has 0 saturated carbocycles. The van der Waals surface area contributed by atoms with Gasteiger partial charge < -0.3 is 4.90 Å². The summed E-state index contributed by atoms with van der Waals surface area (Å²) >= 11 is 0. The van der Waals surface area contributed by atoms with Crippen LogP contribution in [-0.2, 0) is 4.79 Å². The summed E-state index contributed by atoms with van der Waals surface area (Å²) < 4.78 is 0. The van der Waals surface area contributed by atoms with Crippen molar-refractivity contribution < 1.29 is 4.79 Å². The number of anilines is 1. The summed E-state index contributed by atoms with van der Waals surface area (Å²) in [5, 5.41) is 1.04. The van der Waals surface area contributed by atoms with Crippen LogP contribution in [0.25, 0.3) is 22.3 Å². The Morgan fingerprint density at radius 3 is 2.30 bits per heavy atom. The highest BCUT2D eigenvalue weighted by atomic mass is 16.1. The van der Waals surface area contributed by atoms with Crippen molar-refractivity contribution in [3.05, 3.63) is 54.6 Å². The Labute approximate surface area is 134 Å². The first-order valence-electron chi connectivity index (χ1n) is 7.90. The minimum atomic E-state index is 0.336. The molecule has 2 aromatic carbocycles. The summed E-state index contributed by atoms with van der Waals surface area (Å²) in [6.45, 7) is 1.46. The number of nitrogens with zero attached hydrogens (tertiary/aromatic N) is 3. The lowest BCUT2D eigenvalue weighted by atomic mass is 10.1. The highest BCUT2D eigenvalue weighted by Crippen LogP contribution is 2.28. The van der Waals surface area contributed by atoms with Crippen molar-refractivity contribution in [2.45, 2.75) is 12.8 Å². The lowest BCUT2D eigenvalue weighted by Crippen LogP contribution is -2.34. The molecule has 0 spiro atoms. The Kier molecular flexibility index (Phi) is 3.50. The topological polar surface area (TPSA) is 46.1 Å². The number of rotatable bonds is 2. The second-order valence-electron chi connectivity index (χ2n) is 5.78. The molecule has 4 rings (SSSR count). The number of fused-ring (bicyclic) bond motifs is 1. The maximum atomic E-state index is 11.5. The number of Topliss-reactive ketones (excluding diaryl/α,β-unsaturated/α-hetero) is 1. The smallest absolute Gasteiger partial charge is 0.162 e. The molecule has 0 N–H and O–H groups in total. The van der Waals surface area contributed by atoms with Gasteiger partial charge in [0.05, 0.1) is 5.52 Å². The van der Waals surface area contributed by atoms with E-state index in [1.807, 2.05) is 48.5 Å². The Bertz CT molecular complexity index is 851. The molecule has 0 unspecified atom stereocenters. The minimum absolute atomic E-state index is 0.336. The first-order chi connectivity index (χ1) is 11.3. The van der Waals surface area contributed by atoms with E-state index in [2.05, 4.69) is 11.0 Å². The molecule has 3 aromatic rings. The molecular formula is C19H17N3O. The van der Waals surface area contributed by atoms with Crippen LogP contribution in [0.2, 0.25) is 0 Å². The first kappa shape index (κ1) is 13.9. The van der Waals surface area contributed by atoms with Crippen LogP contribution in [0.5, 0.6) is 0 Å². The summed E-state index contributed by atoms with van der Waals surface area (Å²) in [5.74, 6) is 2.00. The SMILES string of the molecule is O=C1CCN(c2nc(-c3ccccc3)nc3ccccc23)CC1. The molecule has 4 nitrogen and oxygen atoms in total. The molecule has 1 aliphatic rings. The number of benzene rings is 2. The van der Waals surface area contributed by atoms with Gasteiger partial charge in [-0.25, -0.2) is 9.97 Å². The Morgan fingerprint density at radius 1 is 0.826 bits per heavy atom. The molecule has 1 fully saturated rings. The highest BCUT2D eigenvalue weighted by molar-refractivity contribution is 5.92. The molecule has 2 heterocycles. The van der Waals surface area contributed by atoms with Crippen LogP contribution in [0.4, 0.5) is 5.82 Å². The molecule has 0 radical (unpaired) electrons. The van der Waals surface area contributed by atoms with E-state index in [9.17, 15) is 4.79 Å². The van der Waals surface area contributed by atoms with Crippen LogP contribution in [0, 0.1) is 0 Å². The van der Waals surface area contributed by atoms with Crippen LogP contribution < -0.4 is 4.90 Å². The van der Waals surface area contributed by atoms with Gasteiger partial charge >= 0.3 is 0 Å². The molecule has 23 heavy (non-hydrogen) atoms. The van der Waals surface area contributed by atoms with Gasteiger partial charge in [0.25, 0.3) is 0 Å². The molecule has 0 bridgehead atoms. The zero-order valence-corrected chi connectivity index (χ0v) is 12.8. The van der Waals surface area contributed by atoms with Gasteiger partial charge in [0.1, 0.15) is 11.6 Å². The van der Waals surface area contributed by atoms with Crippen LogP contribution in [0.1, 0.15) is 12.8 Å². The average Bonchev–Trinajstić information content (AvgIpc) is 2.62. The summed E-state index contributed by atoms with van der Waals surface area (Å²) in [7, 11) is 0. The third-order valence-corrected chi connectivity index (χ3v) is 4.24. The van der Waals surface area contributed by atoms with Gasteiger partial charge in [-0.15, -0.1) is 0 Å². The van der Waals surface area contributed by atoms with E-state index in [1.54, 1.807) is 0 Å². The lowest BCUT2D eigenvalue weighted by molar-refractivity contribution is -0.119. The molecule has 4 heteroatoms. The lowest BCUT2D eigenvalue weighted by Gasteiger charge is -2.28. The Morgan fingerprint density at radius 2 is 1.52 bits per heavy atom. The Balaban J connectivity index is 1.86. The molecule has 0 aliphatic carbocycles. The monoisotopic (exact) mass is 303 g/mol. The summed E-state index contributed by atoms with van der Waals surface area (Å²) in [6, 6.07) is 18.1. The van der Waals surface area contributed by atoms with Gasteiger partial charge in [0.2, 0.25) is 0 Å². The fourth-order valence-corrected chi connectivity index (χ4v) is 2.99. The van der Waals surface area contributed by atoms with Gasteiger partial charge in [-0.1, -0.05) is 42.5 Å². The molecule has 0 atom stereocenters. The van der Waals surface area contributed by atoms with Crippen molar-refractivity contribution >= 4 is 22.5 Å². The largest absolute Gasteiger partial charge is 0.355 e. The zero-order chi connectivity index (χ0) is 15.6. The zero-order valence-electron chi connectivity index (χ0n) is 12.8. The van der Waals surface area contributed by atoms with E-state index in [0.717, 1.165) is 41.2 Å². The van der Waals surface area contributed by atoms with Gasteiger partial charge in [-0.05, 0) is 12.1 Å². The van der Waals surface area contributed by atoms with Crippen molar-refractivity contribution in [1.29, 1.82) is 0 Å². The normalized spacial score (nSPS) is 15.1. The number of carbonyl (C=O) groups is 1. The molecule has 1 aliphatic heterocycles. The quantitative estimate of drug-likeness (QED) is 0.727. The predicted molar refractivity (Wildman–Crippen MR) is 91.4 cm³/mol. The van der Waals surface area contributed by atoms with Crippen LogP contribution in [0.3, 0.4) is 0 Å². The average molecular weight is 303 g/mol. The molecular weight excluding hydrogens is 286 g/mol. The standard InChI is InChI=1S/C19H17N3O/c23-15-10-12-22(13-11-15)19-16-8-4-5-9-17(16)20-18(21-19)14-6-2-1-3-7-14/h1-9H,10-13H2.